The molecule has 0 atom stereocenters. The monoisotopic (exact) mass is 491 g/mol. The van der Waals surface area contributed by atoms with Crippen LogP contribution in [0.25, 0.3) is 0 Å². The van der Waals surface area contributed by atoms with Gasteiger partial charge in [-0.2, -0.15) is 0 Å². The summed E-state index contributed by atoms with van der Waals surface area (Å²) in [5.41, 5.74) is 8.04. The predicted octanol–water partition coefficient (Wildman–Crippen LogP) is 2.79. The molecule has 188 valence electrons. The van der Waals surface area contributed by atoms with E-state index in [2.05, 4.69) is 5.32 Å². The summed E-state index contributed by atoms with van der Waals surface area (Å²) in [7, 11) is 0. The first-order valence-corrected chi connectivity index (χ1v) is 11.9. The van der Waals surface area contributed by atoms with E-state index in [0.717, 1.165) is 5.56 Å². The van der Waals surface area contributed by atoms with E-state index in [9.17, 15) is 18.8 Å². The zero-order chi connectivity index (χ0) is 25.7. The van der Waals surface area contributed by atoms with Crippen LogP contribution in [0.15, 0.2) is 60.7 Å². The Hall–Kier alpha value is -3.98. The second-order valence-electron chi connectivity index (χ2n) is 8.90. The molecule has 0 bridgehead atoms. The Bertz CT molecular complexity index is 1250. The molecule has 36 heavy (non-hydrogen) atoms. The fraction of sp³-hybridized carbons (Fsp3) is 0.296. The lowest BCUT2D eigenvalue weighted by molar-refractivity contribution is 0.0869. The van der Waals surface area contributed by atoms with Gasteiger partial charge < -0.3 is 20.5 Å². The number of carbonyl (C=O) groups excluding carboxylic acids is 3. The van der Waals surface area contributed by atoms with Gasteiger partial charge >= 0.3 is 6.03 Å². The van der Waals surface area contributed by atoms with E-state index in [1.54, 1.807) is 34.6 Å². The number of rotatable bonds is 8. The summed E-state index contributed by atoms with van der Waals surface area (Å²) in [5.74, 6) is -1.21. The van der Waals surface area contributed by atoms with Crippen molar-refractivity contribution >= 4 is 17.7 Å². The molecule has 0 unspecified atom stereocenters. The van der Waals surface area contributed by atoms with Gasteiger partial charge in [-0.05, 0) is 24.6 Å². The number of nitrogens with two attached hydrogens (primary N) is 1. The number of hydrogen-bond acceptors (Lipinski definition) is 4. The fourth-order valence-electron chi connectivity index (χ4n) is 4.40. The molecule has 8 nitrogen and oxygen atoms in total. The van der Waals surface area contributed by atoms with Gasteiger partial charge in [0.15, 0.2) is 5.78 Å². The molecule has 2 aromatic carbocycles. The second kappa shape index (κ2) is 11.2. The summed E-state index contributed by atoms with van der Waals surface area (Å²) in [6.45, 7) is 4.47. The van der Waals surface area contributed by atoms with Crippen molar-refractivity contribution in [2.24, 2.45) is 5.73 Å². The normalized spacial score (nSPS) is 14.0. The fourth-order valence-corrected chi connectivity index (χ4v) is 4.40. The van der Waals surface area contributed by atoms with Crippen LogP contribution in [0.5, 0.6) is 0 Å². The first kappa shape index (κ1) is 25.1. The summed E-state index contributed by atoms with van der Waals surface area (Å²) < 4.78 is 15.9. The Labute approximate surface area is 209 Å². The molecule has 4 rings (SSSR count). The van der Waals surface area contributed by atoms with Crippen molar-refractivity contribution in [3.05, 3.63) is 94.6 Å². The van der Waals surface area contributed by atoms with Crippen molar-refractivity contribution in [2.75, 3.05) is 32.7 Å². The van der Waals surface area contributed by atoms with Crippen LogP contribution >= 0.6 is 0 Å². The molecular weight excluding hydrogens is 461 g/mol. The van der Waals surface area contributed by atoms with E-state index in [4.69, 9.17) is 5.73 Å². The van der Waals surface area contributed by atoms with Gasteiger partial charge in [0, 0.05) is 44.0 Å². The number of halogens is 1. The number of ketones is 1. The number of piperazine rings is 1. The maximum Gasteiger partial charge on any atom is 0.317 e. The highest BCUT2D eigenvalue weighted by molar-refractivity contribution is 6.01. The van der Waals surface area contributed by atoms with Gasteiger partial charge in [-0.1, -0.05) is 48.5 Å². The maximum atomic E-state index is 14.3. The van der Waals surface area contributed by atoms with Crippen LogP contribution in [0.1, 0.15) is 37.7 Å². The van der Waals surface area contributed by atoms with Gasteiger partial charge in [0.2, 0.25) is 0 Å². The van der Waals surface area contributed by atoms with Crippen molar-refractivity contribution in [3.63, 3.8) is 0 Å². The second-order valence-corrected chi connectivity index (χ2v) is 8.90. The van der Waals surface area contributed by atoms with E-state index in [0.29, 0.717) is 49.7 Å². The van der Waals surface area contributed by atoms with Crippen LogP contribution in [0.3, 0.4) is 0 Å². The van der Waals surface area contributed by atoms with Crippen molar-refractivity contribution in [1.29, 1.82) is 0 Å². The summed E-state index contributed by atoms with van der Waals surface area (Å²) in [6.07, 6.45) is 0. The summed E-state index contributed by atoms with van der Waals surface area (Å²) in [4.78, 5) is 41.4. The highest BCUT2D eigenvalue weighted by atomic mass is 19.1. The minimum atomic E-state index is -0.635. The predicted molar refractivity (Wildman–Crippen MR) is 134 cm³/mol. The summed E-state index contributed by atoms with van der Waals surface area (Å²) >= 11 is 0. The SMILES string of the molecule is Cc1c(C(N)=O)cc(C(=O)CN2CCN(C(=O)NCc3ccccc3)CC2)n1Cc1ccccc1F. The lowest BCUT2D eigenvalue weighted by atomic mass is 10.2. The smallest absolute Gasteiger partial charge is 0.317 e. The van der Waals surface area contributed by atoms with E-state index in [-0.39, 0.29) is 36.3 Å². The van der Waals surface area contributed by atoms with Crippen LogP contribution in [0.4, 0.5) is 9.18 Å². The third-order valence-corrected chi connectivity index (χ3v) is 6.52. The first-order valence-electron chi connectivity index (χ1n) is 11.9. The van der Waals surface area contributed by atoms with Crippen molar-refractivity contribution < 1.29 is 18.8 Å². The molecule has 3 N–H and O–H groups in total. The molecule has 0 saturated carbocycles. The van der Waals surface area contributed by atoms with Crippen molar-refractivity contribution in [3.8, 4) is 0 Å². The molecule has 1 saturated heterocycles. The topological polar surface area (TPSA) is 101 Å². The van der Waals surface area contributed by atoms with Gasteiger partial charge in [0.05, 0.1) is 24.3 Å². The Balaban J connectivity index is 1.38. The van der Waals surface area contributed by atoms with E-state index in [1.165, 1.54) is 12.1 Å². The van der Waals surface area contributed by atoms with Crippen molar-refractivity contribution in [1.82, 2.24) is 19.7 Å². The lowest BCUT2D eigenvalue weighted by Gasteiger charge is -2.34. The number of urea groups is 1. The molecular formula is C27H30FN5O3. The summed E-state index contributed by atoms with van der Waals surface area (Å²) in [5, 5.41) is 2.93. The number of nitrogens with one attached hydrogen (secondary N) is 1. The van der Waals surface area contributed by atoms with Crippen LogP contribution < -0.4 is 11.1 Å². The van der Waals surface area contributed by atoms with Gasteiger partial charge in [0.25, 0.3) is 5.91 Å². The first-order chi connectivity index (χ1) is 17.3. The molecule has 0 radical (unpaired) electrons. The van der Waals surface area contributed by atoms with Crippen LogP contribution in [-0.4, -0.2) is 64.8 Å². The molecule has 3 amide bonds. The molecule has 9 heteroatoms. The number of carbonyl (C=O) groups is 3. The van der Waals surface area contributed by atoms with Crippen LogP contribution in [0, 0.1) is 12.7 Å². The van der Waals surface area contributed by atoms with E-state index in [1.807, 2.05) is 35.2 Å². The Morgan fingerprint density at radius 3 is 2.31 bits per heavy atom. The molecule has 1 aliphatic heterocycles. The van der Waals surface area contributed by atoms with Gasteiger partial charge in [0.1, 0.15) is 5.82 Å². The van der Waals surface area contributed by atoms with Gasteiger partial charge in [-0.25, -0.2) is 9.18 Å². The highest BCUT2D eigenvalue weighted by Gasteiger charge is 2.26. The van der Waals surface area contributed by atoms with Crippen molar-refractivity contribution in [2.45, 2.75) is 20.0 Å². The Morgan fingerprint density at radius 2 is 1.64 bits per heavy atom. The quantitative estimate of drug-likeness (QED) is 0.473. The number of hydrogen-bond donors (Lipinski definition) is 2. The minimum Gasteiger partial charge on any atom is -0.366 e. The summed E-state index contributed by atoms with van der Waals surface area (Å²) in [6, 6.07) is 17.4. The highest BCUT2D eigenvalue weighted by Crippen LogP contribution is 2.20. The average molecular weight is 492 g/mol. The molecule has 3 aromatic rings. The Morgan fingerprint density at radius 1 is 0.972 bits per heavy atom. The third-order valence-electron chi connectivity index (χ3n) is 6.52. The molecule has 0 spiro atoms. The number of aromatic nitrogens is 1. The minimum absolute atomic E-state index is 0.113. The zero-order valence-corrected chi connectivity index (χ0v) is 20.2. The molecule has 1 aromatic heterocycles. The molecule has 1 aliphatic rings. The average Bonchev–Trinajstić information content (AvgIpc) is 3.21. The largest absolute Gasteiger partial charge is 0.366 e. The number of nitrogens with zero attached hydrogens (tertiary/aromatic N) is 3. The standard InChI is InChI=1S/C27H30FN5O3/c1-19-22(26(29)35)15-24(33(19)17-21-9-5-6-10-23(21)28)25(34)18-31-11-13-32(14-12-31)27(36)30-16-20-7-3-2-4-8-20/h2-10,15H,11-14,16-18H2,1H3,(H2,29,35)(H,30,36). The number of Topliss-reactive ketones (excluding diaryl/α,β-unsaturated/α-hetero) is 1. The number of benzene rings is 2. The van der Waals surface area contributed by atoms with E-state index >= 15 is 0 Å². The number of primary amides is 1. The van der Waals surface area contributed by atoms with Gasteiger partial charge in [-0.15, -0.1) is 0 Å². The maximum absolute atomic E-state index is 14.3. The molecule has 0 aliphatic carbocycles. The van der Waals surface area contributed by atoms with Crippen LogP contribution in [-0.2, 0) is 13.1 Å². The van der Waals surface area contributed by atoms with Gasteiger partial charge in [-0.3, -0.25) is 14.5 Å². The Kier molecular flexibility index (Phi) is 7.80. The van der Waals surface area contributed by atoms with Crippen LogP contribution in [0.2, 0.25) is 0 Å². The molecule has 2 heterocycles. The molecule has 1 fully saturated rings. The number of amides is 3. The lowest BCUT2D eigenvalue weighted by Crippen LogP contribution is -2.52. The zero-order valence-electron chi connectivity index (χ0n) is 20.2. The third kappa shape index (κ3) is 5.80. The van der Waals surface area contributed by atoms with E-state index < -0.39 is 5.91 Å².